The summed E-state index contributed by atoms with van der Waals surface area (Å²) in [6.07, 6.45) is 1.57. The molecule has 1 aliphatic heterocycles. The van der Waals surface area contributed by atoms with Crippen molar-refractivity contribution in [2.24, 2.45) is 0 Å². The summed E-state index contributed by atoms with van der Waals surface area (Å²) in [5, 5.41) is 11.2. The van der Waals surface area contributed by atoms with Crippen LogP contribution in [0.25, 0.3) is 0 Å². The van der Waals surface area contributed by atoms with Crippen LogP contribution in [0.15, 0.2) is 24.4 Å². The number of nitrogens with one attached hydrogen (secondary N) is 1. The van der Waals surface area contributed by atoms with Crippen molar-refractivity contribution in [3.8, 4) is 0 Å². The van der Waals surface area contributed by atoms with E-state index < -0.39 is 19.1 Å². The molecule has 116 valence electrons. The zero-order valence-electron chi connectivity index (χ0n) is 11.5. The molecule has 0 radical (unpaired) electrons. The molecule has 0 saturated carbocycles. The van der Waals surface area contributed by atoms with Crippen molar-refractivity contribution in [3.05, 3.63) is 24.4 Å². The molecule has 1 aliphatic rings. The van der Waals surface area contributed by atoms with Crippen molar-refractivity contribution in [2.45, 2.75) is 5.92 Å². The van der Waals surface area contributed by atoms with Gasteiger partial charge in [-0.15, -0.1) is 0 Å². The maximum absolute atomic E-state index is 13.1. The number of carbonyl (C=O) groups is 1. The number of anilines is 1. The summed E-state index contributed by atoms with van der Waals surface area (Å²) < 4.78 is 26.2. The highest BCUT2D eigenvalue weighted by atomic mass is 19.3. The predicted molar refractivity (Wildman–Crippen MR) is 73.3 cm³/mol. The van der Waals surface area contributed by atoms with Gasteiger partial charge in [-0.3, -0.25) is 10.2 Å². The number of aromatic nitrogens is 1. The zero-order chi connectivity index (χ0) is 15.3. The first-order chi connectivity index (χ1) is 10.00. The van der Waals surface area contributed by atoms with E-state index in [2.05, 4.69) is 10.3 Å². The smallest absolute Gasteiger partial charge is 0.323 e. The Morgan fingerprint density at radius 2 is 2.05 bits per heavy atom. The van der Waals surface area contributed by atoms with Crippen molar-refractivity contribution in [1.82, 2.24) is 14.8 Å². The van der Waals surface area contributed by atoms with E-state index in [0.29, 0.717) is 32.0 Å². The number of hydrogen-bond acceptors (Lipinski definition) is 4. The first-order valence-electron chi connectivity index (χ1n) is 6.68. The molecular formula is C13H18F2N4O2. The number of aliphatic hydroxyl groups is 1. The van der Waals surface area contributed by atoms with Crippen LogP contribution in [0.5, 0.6) is 0 Å². The lowest BCUT2D eigenvalue weighted by molar-refractivity contribution is -0.0769. The molecule has 1 aromatic rings. The number of nitrogens with zero attached hydrogens (tertiary/aromatic N) is 3. The largest absolute Gasteiger partial charge is 0.390 e. The van der Waals surface area contributed by atoms with Gasteiger partial charge in [0.1, 0.15) is 12.4 Å². The maximum Gasteiger partial charge on any atom is 0.323 e. The average Bonchev–Trinajstić information content (AvgIpc) is 2.48. The highest BCUT2D eigenvalue weighted by Crippen LogP contribution is 2.16. The normalized spacial score (nSPS) is 16.8. The van der Waals surface area contributed by atoms with E-state index in [1.807, 2.05) is 0 Å². The highest BCUT2D eigenvalue weighted by molar-refractivity contribution is 5.88. The number of amides is 2. The van der Waals surface area contributed by atoms with E-state index in [9.17, 15) is 13.6 Å². The van der Waals surface area contributed by atoms with E-state index in [0.717, 1.165) is 0 Å². The van der Waals surface area contributed by atoms with Crippen LogP contribution in [-0.2, 0) is 0 Å². The summed E-state index contributed by atoms with van der Waals surface area (Å²) in [5.41, 5.74) is 0. The summed E-state index contributed by atoms with van der Waals surface area (Å²) in [7, 11) is 0. The minimum atomic E-state index is -3.10. The SMILES string of the molecule is O=C(Nc1ccccn1)N1CCN(CC(F)(F)CO)CC1. The molecule has 6 nitrogen and oxygen atoms in total. The standard InChI is InChI=1S/C13H18F2N4O2/c14-13(15,10-20)9-18-5-7-19(8-6-18)12(21)17-11-3-1-2-4-16-11/h1-4,20H,5-10H2,(H,16,17,21). The molecule has 0 aromatic carbocycles. The molecule has 0 bridgehead atoms. The molecule has 8 heteroatoms. The summed E-state index contributed by atoms with van der Waals surface area (Å²) >= 11 is 0. The van der Waals surface area contributed by atoms with E-state index in [-0.39, 0.29) is 6.03 Å². The molecule has 1 aromatic heterocycles. The zero-order valence-corrected chi connectivity index (χ0v) is 11.5. The molecule has 2 amide bonds. The molecule has 1 fully saturated rings. The van der Waals surface area contributed by atoms with Crippen LogP contribution in [0.3, 0.4) is 0 Å². The molecule has 0 aliphatic carbocycles. The summed E-state index contributed by atoms with van der Waals surface area (Å²) in [5.74, 6) is -2.64. The maximum atomic E-state index is 13.1. The summed E-state index contributed by atoms with van der Waals surface area (Å²) in [4.78, 5) is 19.1. The Morgan fingerprint density at radius 3 is 2.62 bits per heavy atom. The predicted octanol–water partition coefficient (Wildman–Crippen LogP) is 0.859. The summed E-state index contributed by atoms with van der Waals surface area (Å²) in [6, 6.07) is 4.89. The lowest BCUT2D eigenvalue weighted by atomic mass is 10.2. The molecule has 2 rings (SSSR count). The van der Waals surface area contributed by atoms with Crippen molar-refractivity contribution in [1.29, 1.82) is 0 Å². The van der Waals surface area contributed by atoms with Crippen LogP contribution < -0.4 is 5.32 Å². The van der Waals surface area contributed by atoms with E-state index in [1.54, 1.807) is 34.2 Å². The average molecular weight is 300 g/mol. The van der Waals surface area contributed by atoms with E-state index in [4.69, 9.17) is 5.11 Å². The van der Waals surface area contributed by atoms with Gasteiger partial charge in [-0.1, -0.05) is 6.07 Å². The molecule has 0 unspecified atom stereocenters. The van der Waals surface area contributed by atoms with E-state index >= 15 is 0 Å². The Kier molecular flexibility index (Phi) is 5.03. The minimum absolute atomic E-state index is 0.290. The van der Waals surface area contributed by atoms with Crippen molar-refractivity contribution >= 4 is 11.8 Å². The van der Waals surface area contributed by atoms with Gasteiger partial charge >= 0.3 is 6.03 Å². The number of halogens is 2. The second-order valence-corrected chi connectivity index (χ2v) is 4.92. The van der Waals surface area contributed by atoms with Crippen LogP contribution in [0.1, 0.15) is 0 Å². The molecule has 2 heterocycles. The number of rotatable bonds is 4. The Morgan fingerprint density at radius 1 is 1.33 bits per heavy atom. The molecule has 1 saturated heterocycles. The fraction of sp³-hybridized carbons (Fsp3) is 0.538. The number of hydrogen-bond donors (Lipinski definition) is 2. The molecule has 2 N–H and O–H groups in total. The topological polar surface area (TPSA) is 68.7 Å². The van der Waals surface area contributed by atoms with Gasteiger partial charge in [0.25, 0.3) is 5.92 Å². The lowest BCUT2D eigenvalue weighted by Gasteiger charge is -2.35. The number of carbonyl (C=O) groups excluding carboxylic acids is 1. The highest BCUT2D eigenvalue weighted by Gasteiger charge is 2.32. The molecule has 0 spiro atoms. The van der Waals surface area contributed by atoms with Crippen LogP contribution in [0.4, 0.5) is 19.4 Å². The third kappa shape index (κ3) is 4.61. The number of pyridine rings is 1. The number of aliphatic hydroxyl groups excluding tert-OH is 1. The third-order valence-corrected chi connectivity index (χ3v) is 3.25. The molecule has 21 heavy (non-hydrogen) atoms. The summed E-state index contributed by atoms with van der Waals surface area (Å²) in [6.45, 7) is -0.219. The van der Waals surface area contributed by atoms with Crippen LogP contribution >= 0.6 is 0 Å². The van der Waals surface area contributed by atoms with E-state index in [1.165, 1.54) is 0 Å². The Labute approximate surface area is 121 Å². The second-order valence-electron chi connectivity index (χ2n) is 4.92. The minimum Gasteiger partial charge on any atom is -0.390 e. The van der Waals surface area contributed by atoms with Gasteiger partial charge in [-0.05, 0) is 12.1 Å². The number of urea groups is 1. The Bertz CT molecular complexity index is 464. The fourth-order valence-electron chi connectivity index (χ4n) is 2.11. The Balaban J connectivity index is 1.80. The number of piperazine rings is 1. The molecule has 0 atom stereocenters. The third-order valence-electron chi connectivity index (χ3n) is 3.25. The fourth-order valence-corrected chi connectivity index (χ4v) is 2.11. The number of alkyl halides is 2. The van der Waals surface area contributed by atoms with Gasteiger partial charge in [-0.25, -0.2) is 18.6 Å². The quantitative estimate of drug-likeness (QED) is 0.865. The Hall–Kier alpha value is -1.80. The first kappa shape index (κ1) is 15.6. The first-order valence-corrected chi connectivity index (χ1v) is 6.68. The lowest BCUT2D eigenvalue weighted by Crippen LogP contribution is -2.53. The van der Waals surface area contributed by atoms with Crippen LogP contribution in [0.2, 0.25) is 0 Å². The van der Waals surface area contributed by atoms with Gasteiger partial charge in [0.15, 0.2) is 0 Å². The van der Waals surface area contributed by atoms with Gasteiger partial charge in [-0.2, -0.15) is 0 Å². The van der Waals surface area contributed by atoms with Crippen molar-refractivity contribution in [2.75, 3.05) is 44.6 Å². The van der Waals surface area contributed by atoms with Crippen LogP contribution in [-0.4, -0.2) is 71.2 Å². The van der Waals surface area contributed by atoms with Crippen LogP contribution in [0, 0.1) is 0 Å². The van der Waals surface area contributed by atoms with Crippen molar-refractivity contribution in [3.63, 3.8) is 0 Å². The van der Waals surface area contributed by atoms with Crippen molar-refractivity contribution < 1.29 is 18.7 Å². The van der Waals surface area contributed by atoms with Gasteiger partial charge in [0, 0.05) is 32.4 Å². The van der Waals surface area contributed by atoms with Gasteiger partial charge in [0.2, 0.25) is 0 Å². The second kappa shape index (κ2) is 6.77. The monoisotopic (exact) mass is 300 g/mol. The van der Waals surface area contributed by atoms with Gasteiger partial charge in [0.05, 0.1) is 6.54 Å². The molecular weight excluding hydrogens is 282 g/mol. The van der Waals surface area contributed by atoms with Gasteiger partial charge < -0.3 is 10.0 Å².